The SMILES string of the molecule is CC(=O)c1cc(CC(=O)N2CCc3c([nH]c4ccccc34)C2c2ccccn2)cs1. The Kier molecular flexibility index (Phi) is 4.71. The Morgan fingerprint density at radius 1 is 1.20 bits per heavy atom. The van der Waals surface area contributed by atoms with Crippen LogP contribution in [-0.2, 0) is 17.6 Å². The summed E-state index contributed by atoms with van der Waals surface area (Å²) in [5.41, 5.74) is 5.14. The molecular formula is C24H21N3O2S. The first kappa shape index (κ1) is 18.8. The number of rotatable bonds is 4. The number of fused-ring (bicyclic) bond motifs is 3. The molecule has 6 heteroatoms. The zero-order chi connectivity index (χ0) is 20.7. The summed E-state index contributed by atoms with van der Waals surface area (Å²) in [6.45, 7) is 2.19. The zero-order valence-electron chi connectivity index (χ0n) is 16.6. The number of pyridine rings is 1. The summed E-state index contributed by atoms with van der Waals surface area (Å²) in [6.07, 6.45) is 2.85. The second-order valence-corrected chi connectivity index (χ2v) is 8.52. The minimum atomic E-state index is -0.249. The van der Waals surface area contributed by atoms with Gasteiger partial charge in [0.2, 0.25) is 5.91 Å². The van der Waals surface area contributed by atoms with E-state index in [-0.39, 0.29) is 24.2 Å². The number of hydrogen-bond donors (Lipinski definition) is 1. The highest BCUT2D eigenvalue weighted by atomic mass is 32.1. The maximum atomic E-state index is 13.4. The van der Waals surface area contributed by atoms with E-state index in [0.717, 1.165) is 28.9 Å². The smallest absolute Gasteiger partial charge is 0.227 e. The Labute approximate surface area is 178 Å². The van der Waals surface area contributed by atoms with Crippen LogP contribution in [0.1, 0.15) is 45.2 Å². The van der Waals surface area contributed by atoms with Crippen LogP contribution >= 0.6 is 11.3 Å². The van der Waals surface area contributed by atoms with Gasteiger partial charge in [-0.25, -0.2) is 0 Å². The van der Waals surface area contributed by atoms with Crippen LogP contribution in [0.5, 0.6) is 0 Å². The van der Waals surface area contributed by atoms with Crippen molar-refractivity contribution < 1.29 is 9.59 Å². The number of carbonyl (C=O) groups is 2. The highest BCUT2D eigenvalue weighted by Gasteiger charge is 2.35. The molecular weight excluding hydrogens is 394 g/mol. The zero-order valence-corrected chi connectivity index (χ0v) is 17.4. The fourth-order valence-electron chi connectivity index (χ4n) is 4.28. The van der Waals surface area contributed by atoms with Gasteiger partial charge in [0, 0.05) is 29.3 Å². The number of ketones is 1. The Bertz CT molecular complexity index is 1240. The molecule has 0 spiro atoms. The molecule has 1 atom stereocenters. The Morgan fingerprint density at radius 2 is 2.03 bits per heavy atom. The average Bonchev–Trinajstić information content (AvgIpc) is 3.38. The number of Topliss-reactive ketones (excluding diaryl/α,β-unsaturated/α-hetero) is 1. The number of benzene rings is 1. The van der Waals surface area contributed by atoms with Gasteiger partial charge in [0.05, 0.1) is 17.0 Å². The number of para-hydroxylation sites is 1. The van der Waals surface area contributed by atoms with Crippen LogP contribution in [0.4, 0.5) is 0 Å². The van der Waals surface area contributed by atoms with Gasteiger partial charge in [0.15, 0.2) is 5.78 Å². The summed E-state index contributed by atoms with van der Waals surface area (Å²) >= 11 is 1.40. The third-order valence-corrected chi connectivity index (χ3v) is 6.76. The third-order valence-electron chi connectivity index (χ3n) is 5.68. The van der Waals surface area contributed by atoms with Gasteiger partial charge in [0.1, 0.15) is 6.04 Å². The molecule has 5 rings (SSSR count). The fourth-order valence-corrected chi connectivity index (χ4v) is 5.10. The molecule has 1 amide bonds. The van der Waals surface area contributed by atoms with E-state index in [1.807, 2.05) is 46.7 Å². The number of H-pyrrole nitrogens is 1. The van der Waals surface area contributed by atoms with Gasteiger partial charge in [-0.05, 0) is 54.1 Å². The molecule has 0 fully saturated rings. The van der Waals surface area contributed by atoms with Gasteiger partial charge in [-0.2, -0.15) is 0 Å². The molecule has 4 heterocycles. The summed E-state index contributed by atoms with van der Waals surface area (Å²) in [7, 11) is 0. The highest BCUT2D eigenvalue weighted by Crippen LogP contribution is 2.38. The molecule has 150 valence electrons. The first-order valence-electron chi connectivity index (χ1n) is 10.00. The number of nitrogens with zero attached hydrogens (tertiary/aromatic N) is 2. The van der Waals surface area contributed by atoms with Crippen LogP contribution in [0.2, 0.25) is 0 Å². The second-order valence-electron chi connectivity index (χ2n) is 7.61. The van der Waals surface area contributed by atoms with Crippen LogP contribution in [0.15, 0.2) is 60.1 Å². The molecule has 30 heavy (non-hydrogen) atoms. The van der Waals surface area contributed by atoms with Crippen LogP contribution in [0, 0.1) is 0 Å². The minimum absolute atomic E-state index is 0.0331. The summed E-state index contributed by atoms with van der Waals surface area (Å²) in [5.74, 6) is 0.0774. The average molecular weight is 416 g/mol. The van der Waals surface area contributed by atoms with Crippen molar-refractivity contribution in [2.75, 3.05) is 6.54 Å². The lowest BCUT2D eigenvalue weighted by Crippen LogP contribution is -2.41. The molecule has 1 N–H and O–H groups in total. The van der Waals surface area contributed by atoms with Gasteiger partial charge in [-0.15, -0.1) is 11.3 Å². The number of aromatic nitrogens is 2. The summed E-state index contributed by atoms with van der Waals surface area (Å²) in [5, 5.41) is 3.12. The van der Waals surface area contributed by atoms with Crippen LogP contribution in [-0.4, -0.2) is 33.1 Å². The van der Waals surface area contributed by atoms with Gasteiger partial charge in [-0.3, -0.25) is 14.6 Å². The lowest BCUT2D eigenvalue weighted by atomic mass is 9.94. The van der Waals surface area contributed by atoms with E-state index in [2.05, 4.69) is 22.1 Å². The molecule has 1 aromatic carbocycles. The van der Waals surface area contributed by atoms with Gasteiger partial charge in [0.25, 0.3) is 0 Å². The molecule has 1 aliphatic heterocycles. The highest BCUT2D eigenvalue weighted by molar-refractivity contribution is 7.12. The molecule has 3 aromatic heterocycles. The van der Waals surface area contributed by atoms with Crippen molar-refractivity contribution in [3.63, 3.8) is 0 Å². The number of thiophene rings is 1. The molecule has 0 bridgehead atoms. The minimum Gasteiger partial charge on any atom is -0.356 e. The van der Waals surface area contributed by atoms with Gasteiger partial charge < -0.3 is 9.88 Å². The first-order chi connectivity index (χ1) is 14.6. The maximum Gasteiger partial charge on any atom is 0.227 e. The Hall–Kier alpha value is -3.25. The van der Waals surface area contributed by atoms with Gasteiger partial charge in [-0.1, -0.05) is 24.3 Å². The van der Waals surface area contributed by atoms with E-state index in [9.17, 15) is 9.59 Å². The Balaban J connectivity index is 1.53. The molecule has 1 unspecified atom stereocenters. The monoisotopic (exact) mass is 415 g/mol. The normalized spacial score (nSPS) is 15.9. The number of hydrogen-bond acceptors (Lipinski definition) is 4. The molecule has 0 saturated carbocycles. The van der Waals surface area contributed by atoms with Crippen molar-refractivity contribution in [1.29, 1.82) is 0 Å². The van der Waals surface area contributed by atoms with Crippen molar-refractivity contribution in [3.8, 4) is 0 Å². The van der Waals surface area contributed by atoms with E-state index < -0.39 is 0 Å². The topological polar surface area (TPSA) is 66.1 Å². The predicted molar refractivity (Wildman–Crippen MR) is 118 cm³/mol. The number of amides is 1. The van der Waals surface area contributed by atoms with Crippen LogP contribution in [0.25, 0.3) is 10.9 Å². The molecule has 1 aliphatic rings. The van der Waals surface area contributed by atoms with E-state index in [0.29, 0.717) is 11.4 Å². The molecule has 4 aromatic rings. The molecule has 0 saturated heterocycles. The maximum absolute atomic E-state index is 13.4. The number of carbonyl (C=O) groups excluding carboxylic acids is 2. The predicted octanol–water partition coefficient (Wildman–Crippen LogP) is 4.54. The lowest BCUT2D eigenvalue weighted by molar-refractivity contribution is -0.132. The fraction of sp³-hybridized carbons (Fsp3) is 0.208. The van der Waals surface area contributed by atoms with Crippen molar-refractivity contribution >= 4 is 33.9 Å². The Morgan fingerprint density at radius 3 is 2.80 bits per heavy atom. The van der Waals surface area contributed by atoms with E-state index >= 15 is 0 Å². The summed E-state index contributed by atoms with van der Waals surface area (Å²) < 4.78 is 0. The first-order valence-corrected chi connectivity index (χ1v) is 10.9. The van der Waals surface area contributed by atoms with E-state index in [1.165, 1.54) is 22.3 Å². The standard InChI is InChI=1S/C24H21N3O2S/c1-15(28)21-12-16(14-30-21)13-22(29)27-11-9-18-17-6-2-3-7-19(17)26-23(18)24(27)20-8-4-5-10-25-20/h2-8,10,12,14,24,26H,9,11,13H2,1H3. The van der Waals surface area contributed by atoms with Crippen LogP contribution < -0.4 is 0 Å². The van der Waals surface area contributed by atoms with Crippen molar-refractivity contribution in [2.45, 2.75) is 25.8 Å². The van der Waals surface area contributed by atoms with Gasteiger partial charge >= 0.3 is 0 Å². The number of aromatic amines is 1. The van der Waals surface area contributed by atoms with Crippen molar-refractivity contribution in [3.05, 3.63) is 87.5 Å². The summed E-state index contributed by atoms with van der Waals surface area (Å²) in [4.78, 5) is 35.7. The van der Waals surface area contributed by atoms with Crippen molar-refractivity contribution in [2.24, 2.45) is 0 Å². The number of nitrogens with one attached hydrogen (secondary N) is 1. The molecule has 0 aliphatic carbocycles. The van der Waals surface area contributed by atoms with Crippen LogP contribution in [0.3, 0.4) is 0 Å². The lowest BCUT2D eigenvalue weighted by Gasteiger charge is -2.35. The molecule has 5 nitrogen and oxygen atoms in total. The molecule has 0 radical (unpaired) electrons. The largest absolute Gasteiger partial charge is 0.356 e. The van der Waals surface area contributed by atoms with E-state index in [1.54, 1.807) is 13.1 Å². The summed E-state index contributed by atoms with van der Waals surface area (Å²) in [6, 6.07) is 15.7. The third kappa shape index (κ3) is 3.23. The van der Waals surface area contributed by atoms with E-state index in [4.69, 9.17) is 0 Å². The quantitative estimate of drug-likeness (QED) is 0.498. The second kappa shape index (κ2) is 7.54. The van der Waals surface area contributed by atoms with Crippen molar-refractivity contribution in [1.82, 2.24) is 14.9 Å².